The molecule has 28 heavy (non-hydrogen) atoms. The molecule has 1 saturated heterocycles. The van der Waals surface area contributed by atoms with Gasteiger partial charge in [-0.05, 0) is 55.2 Å². The highest BCUT2D eigenvalue weighted by Gasteiger charge is 2.21. The Bertz CT molecular complexity index is 854. The molecule has 2 aromatic carbocycles. The second-order valence-corrected chi connectivity index (χ2v) is 8.20. The first kappa shape index (κ1) is 21.0. The van der Waals surface area contributed by atoms with Crippen LogP contribution in [0.5, 0.6) is 0 Å². The number of carbonyl (C=O) groups is 1. The maximum absolute atomic E-state index is 12.4. The summed E-state index contributed by atoms with van der Waals surface area (Å²) in [4.78, 5) is 17.0. The predicted octanol–water partition coefficient (Wildman–Crippen LogP) is 4.37. The van der Waals surface area contributed by atoms with E-state index in [2.05, 4.69) is 43.3 Å². The zero-order valence-corrected chi connectivity index (χ0v) is 18.7. The first-order valence-corrected chi connectivity index (χ1v) is 10.7. The normalized spacial score (nSPS) is 14.6. The van der Waals surface area contributed by atoms with Gasteiger partial charge in [-0.15, -0.1) is 0 Å². The van der Waals surface area contributed by atoms with Gasteiger partial charge in [0.25, 0.3) is 5.91 Å². The summed E-state index contributed by atoms with van der Waals surface area (Å²) >= 11 is 15.2. The first-order valence-electron chi connectivity index (χ1n) is 9.11. The number of rotatable bonds is 4. The van der Waals surface area contributed by atoms with Gasteiger partial charge in [-0.25, -0.2) is 0 Å². The number of piperazine rings is 1. The minimum absolute atomic E-state index is 0.239. The van der Waals surface area contributed by atoms with E-state index in [4.69, 9.17) is 23.8 Å². The Labute approximate surface area is 184 Å². The van der Waals surface area contributed by atoms with Crippen molar-refractivity contribution in [2.24, 2.45) is 0 Å². The maximum Gasteiger partial charge on any atom is 0.257 e. The van der Waals surface area contributed by atoms with E-state index in [1.165, 1.54) is 0 Å². The van der Waals surface area contributed by atoms with Crippen LogP contribution >= 0.6 is 39.7 Å². The zero-order chi connectivity index (χ0) is 20.1. The van der Waals surface area contributed by atoms with E-state index in [9.17, 15) is 4.79 Å². The molecule has 5 nitrogen and oxygen atoms in total. The number of halogens is 2. The molecule has 2 N–H and O–H groups in total. The highest BCUT2D eigenvalue weighted by molar-refractivity contribution is 9.10. The van der Waals surface area contributed by atoms with Crippen molar-refractivity contribution in [2.45, 2.75) is 6.92 Å². The second-order valence-electron chi connectivity index (χ2n) is 6.47. The number of anilines is 2. The van der Waals surface area contributed by atoms with Gasteiger partial charge in [0, 0.05) is 36.2 Å². The quantitative estimate of drug-likeness (QED) is 0.635. The number of hydrogen-bond donors (Lipinski definition) is 2. The Morgan fingerprint density at radius 1 is 1.14 bits per heavy atom. The molecule has 0 radical (unpaired) electrons. The summed E-state index contributed by atoms with van der Waals surface area (Å²) in [5.41, 5.74) is 2.24. The van der Waals surface area contributed by atoms with Crippen molar-refractivity contribution < 1.29 is 4.79 Å². The SMILES string of the molecule is CCN1CCN(c2c(Cl)cccc2NC(=S)NC(=O)c2ccc(Br)cc2)CC1. The van der Waals surface area contributed by atoms with E-state index in [1.54, 1.807) is 12.1 Å². The number of hydrogen-bond acceptors (Lipinski definition) is 4. The molecule has 3 rings (SSSR count). The fourth-order valence-corrected chi connectivity index (χ4v) is 3.92. The van der Waals surface area contributed by atoms with Crippen LogP contribution < -0.4 is 15.5 Å². The largest absolute Gasteiger partial charge is 0.366 e. The molecule has 8 heteroatoms. The Hall–Kier alpha value is -1.67. The molecule has 1 fully saturated rings. The lowest BCUT2D eigenvalue weighted by atomic mass is 10.2. The molecule has 0 unspecified atom stereocenters. The molecular formula is C20H22BrClN4OS. The van der Waals surface area contributed by atoms with E-state index in [0.29, 0.717) is 10.6 Å². The third-order valence-corrected chi connectivity index (χ3v) is 5.74. The van der Waals surface area contributed by atoms with Crippen molar-refractivity contribution in [1.29, 1.82) is 0 Å². The topological polar surface area (TPSA) is 47.6 Å². The summed E-state index contributed by atoms with van der Waals surface area (Å²) in [5.74, 6) is -0.259. The summed E-state index contributed by atoms with van der Waals surface area (Å²) in [7, 11) is 0. The van der Waals surface area contributed by atoms with Crippen LogP contribution in [0.2, 0.25) is 5.02 Å². The molecule has 0 bridgehead atoms. The van der Waals surface area contributed by atoms with Crippen molar-refractivity contribution in [3.05, 3.63) is 57.5 Å². The lowest BCUT2D eigenvalue weighted by Gasteiger charge is -2.37. The van der Waals surface area contributed by atoms with Crippen molar-refractivity contribution >= 4 is 62.1 Å². The first-order chi connectivity index (χ1) is 13.5. The van der Waals surface area contributed by atoms with Crippen LogP contribution in [0.1, 0.15) is 17.3 Å². The van der Waals surface area contributed by atoms with Crippen molar-refractivity contribution in [3.63, 3.8) is 0 Å². The molecule has 1 aliphatic rings. The Morgan fingerprint density at radius 3 is 2.46 bits per heavy atom. The minimum atomic E-state index is -0.259. The fourth-order valence-electron chi connectivity index (χ4n) is 3.16. The van der Waals surface area contributed by atoms with E-state index in [0.717, 1.165) is 48.6 Å². The van der Waals surface area contributed by atoms with Crippen LogP contribution in [0.3, 0.4) is 0 Å². The van der Waals surface area contributed by atoms with Gasteiger partial charge in [-0.3, -0.25) is 10.1 Å². The lowest BCUT2D eigenvalue weighted by Crippen LogP contribution is -2.46. The number of carbonyl (C=O) groups excluding carboxylic acids is 1. The Balaban J connectivity index is 1.70. The number of para-hydroxylation sites is 1. The van der Waals surface area contributed by atoms with Crippen molar-refractivity contribution in [3.8, 4) is 0 Å². The summed E-state index contributed by atoms with van der Waals surface area (Å²) in [5, 5.41) is 6.77. The second kappa shape index (κ2) is 9.69. The average Bonchev–Trinajstić information content (AvgIpc) is 2.68. The molecule has 0 aliphatic carbocycles. The van der Waals surface area contributed by atoms with Crippen LogP contribution in [0.15, 0.2) is 46.9 Å². The highest BCUT2D eigenvalue weighted by atomic mass is 79.9. The molecule has 0 saturated carbocycles. The van der Waals surface area contributed by atoms with Gasteiger partial charge in [0.05, 0.1) is 16.4 Å². The molecule has 0 spiro atoms. The zero-order valence-electron chi connectivity index (χ0n) is 15.5. The van der Waals surface area contributed by atoms with Crippen LogP contribution in [0, 0.1) is 0 Å². The molecule has 1 amide bonds. The monoisotopic (exact) mass is 480 g/mol. The number of likely N-dealkylation sites (N-methyl/N-ethyl adjacent to an activating group) is 1. The van der Waals surface area contributed by atoms with Crippen LogP contribution in [0.4, 0.5) is 11.4 Å². The summed E-state index contributed by atoms with van der Waals surface area (Å²) in [6, 6.07) is 12.8. The molecular weight excluding hydrogens is 460 g/mol. The van der Waals surface area contributed by atoms with Gasteiger partial charge in [-0.2, -0.15) is 0 Å². The van der Waals surface area contributed by atoms with Gasteiger partial charge in [0.1, 0.15) is 0 Å². The van der Waals surface area contributed by atoms with E-state index < -0.39 is 0 Å². The molecule has 1 aliphatic heterocycles. The summed E-state index contributed by atoms with van der Waals surface area (Å²) in [6.45, 7) is 6.99. The summed E-state index contributed by atoms with van der Waals surface area (Å²) in [6.07, 6.45) is 0. The number of thiocarbonyl (C=S) groups is 1. The number of nitrogens with one attached hydrogen (secondary N) is 2. The molecule has 0 aromatic heterocycles. The van der Waals surface area contributed by atoms with Gasteiger partial charge in [0.15, 0.2) is 5.11 Å². The van der Waals surface area contributed by atoms with Crippen LogP contribution in [-0.2, 0) is 0 Å². The summed E-state index contributed by atoms with van der Waals surface area (Å²) < 4.78 is 0.913. The minimum Gasteiger partial charge on any atom is -0.366 e. The lowest BCUT2D eigenvalue weighted by molar-refractivity contribution is 0.0977. The molecule has 1 heterocycles. The molecule has 0 atom stereocenters. The smallest absolute Gasteiger partial charge is 0.257 e. The third kappa shape index (κ3) is 5.23. The molecule has 148 valence electrons. The third-order valence-electron chi connectivity index (χ3n) is 4.70. The van der Waals surface area contributed by atoms with Crippen molar-refractivity contribution in [1.82, 2.24) is 10.2 Å². The highest BCUT2D eigenvalue weighted by Crippen LogP contribution is 2.34. The van der Waals surface area contributed by atoms with E-state index >= 15 is 0 Å². The maximum atomic E-state index is 12.4. The van der Waals surface area contributed by atoms with Gasteiger partial charge >= 0.3 is 0 Å². The average molecular weight is 482 g/mol. The van der Waals surface area contributed by atoms with Gasteiger partial charge in [0.2, 0.25) is 0 Å². The van der Waals surface area contributed by atoms with Gasteiger partial charge < -0.3 is 15.1 Å². The van der Waals surface area contributed by atoms with Crippen LogP contribution in [0.25, 0.3) is 0 Å². The number of amides is 1. The Morgan fingerprint density at radius 2 is 1.82 bits per heavy atom. The Kier molecular flexibility index (Phi) is 7.29. The van der Waals surface area contributed by atoms with E-state index in [1.807, 2.05) is 30.3 Å². The van der Waals surface area contributed by atoms with Gasteiger partial charge in [-0.1, -0.05) is 40.5 Å². The molecule has 2 aromatic rings. The standard InChI is InChI=1S/C20H22BrClN4OS/c1-2-25-10-12-26(13-11-25)18-16(22)4-3-5-17(18)23-20(28)24-19(27)14-6-8-15(21)9-7-14/h3-9H,2,10-13H2,1H3,(H2,23,24,27,28). The fraction of sp³-hybridized carbons (Fsp3) is 0.300. The number of nitrogens with zero attached hydrogens (tertiary/aromatic N) is 2. The number of benzene rings is 2. The van der Waals surface area contributed by atoms with E-state index in [-0.39, 0.29) is 11.0 Å². The predicted molar refractivity (Wildman–Crippen MR) is 124 cm³/mol. The van der Waals surface area contributed by atoms with Crippen molar-refractivity contribution in [2.75, 3.05) is 42.9 Å². The van der Waals surface area contributed by atoms with Crippen LogP contribution in [-0.4, -0.2) is 48.6 Å².